The summed E-state index contributed by atoms with van der Waals surface area (Å²) in [5.74, 6) is -0.0878. The van der Waals surface area contributed by atoms with Gasteiger partial charge in [-0.2, -0.15) is 0 Å². The number of hydrogen-bond donors (Lipinski definition) is 1. The van der Waals surface area contributed by atoms with Crippen LogP contribution in [-0.4, -0.2) is 23.3 Å². The van der Waals surface area contributed by atoms with Crippen LogP contribution in [0.15, 0.2) is 28.8 Å². The van der Waals surface area contributed by atoms with Gasteiger partial charge in [-0.05, 0) is 18.6 Å². The summed E-state index contributed by atoms with van der Waals surface area (Å²) in [6.07, 6.45) is 0. The van der Waals surface area contributed by atoms with Crippen LogP contribution in [0.4, 0.5) is 0 Å². The molecule has 0 aliphatic heterocycles. The normalized spacial score (nSPS) is 10.2. The average Bonchev–Trinajstić information content (AvgIpc) is 2.77. The molecule has 2 aromatic rings. The maximum Gasteiger partial charge on any atom is 0.358 e. The Morgan fingerprint density at radius 1 is 1.47 bits per heavy atom. The molecule has 5 heteroatoms. The molecule has 5 nitrogen and oxygen atoms in total. The zero-order valence-corrected chi connectivity index (χ0v) is 9.43. The second-order valence-corrected chi connectivity index (χ2v) is 3.54. The molecule has 0 fully saturated rings. The summed E-state index contributed by atoms with van der Waals surface area (Å²) in [5.41, 5.74) is 1.51. The Bertz CT molecular complexity index is 559. The van der Waals surface area contributed by atoms with E-state index in [0.29, 0.717) is 17.1 Å². The van der Waals surface area contributed by atoms with Crippen LogP contribution in [0.3, 0.4) is 0 Å². The van der Waals surface area contributed by atoms with Crippen LogP contribution in [0.1, 0.15) is 16.1 Å². The van der Waals surface area contributed by atoms with Gasteiger partial charge in [0.25, 0.3) is 0 Å². The summed E-state index contributed by atoms with van der Waals surface area (Å²) in [6, 6.07) is 6.91. The highest BCUT2D eigenvalue weighted by Crippen LogP contribution is 2.32. The van der Waals surface area contributed by atoms with Crippen LogP contribution in [0.2, 0.25) is 0 Å². The van der Waals surface area contributed by atoms with E-state index >= 15 is 0 Å². The number of aromatic nitrogens is 1. The first kappa shape index (κ1) is 11.2. The highest BCUT2D eigenvalue weighted by Gasteiger charge is 2.16. The van der Waals surface area contributed by atoms with Crippen molar-refractivity contribution in [1.82, 2.24) is 5.16 Å². The lowest BCUT2D eigenvalue weighted by atomic mass is 10.1. The summed E-state index contributed by atoms with van der Waals surface area (Å²) < 4.78 is 10.3. The maximum absolute atomic E-state index is 10.7. The largest absolute Gasteiger partial charge is 0.496 e. The number of para-hydroxylation sites is 1. The van der Waals surface area contributed by atoms with Gasteiger partial charge in [0.15, 0.2) is 11.5 Å². The third kappa shape index (κ3) is 1.99. The van der Waals surface area contributed by atoms with E-state index < -0.39 is 5.97 Å². The van der Waals surface area contributed by atoms with Gasteiger partial charge in [-0.1, -0.05) is 17.3 Å². The highest BCUT2D eigenvalue weighted by molar-refractivity contribution is 5.86. The summed E-state index contributed by atoms with van der Waals surface area (Å²) in [6.45, 7) is 1.90. The minimum atomic E-state index is -1.12. The van der Waals surface area contributed by atoms with Crippen LogP contribution in [0.25, 0.3) is 11.3 Å². The van der Waals surface area contributed by atoms with E-state index in [9.17, 15) is 4.79 Å². The molecule has 2 rings (SSSR count). The van der Waals surface area contributed by atoms with Crippen molar-refractivity contribution in [3.63, 3.8) is 0 Å². The van der Waals surface area contributed by atoms with Gasteiger partial charge in [0.1, 0.15) is 5.75 Å². The number of rotatable bonds is 3. The quantitative estimate of drug-likeness (QED) is 0.880. The number of aromatic carboxylic acids is 1. The number of benzene rings is 1. The lowest BCUT2D eigenvalue weighted by Gasteiger charge is -2.07. The SMILES string of the molecule is COc1c(C)cccc1-c1cc(C(=O)O)no1. The zero-order valence-electron chi connectivity index (χ0n) is 9.43. The molecule has 0 unspecified atom stereocenters. The number of nitrogens with zero attached hydrogens (tertiary/aromatic N) is 1. The fourth-order valence-electron chi connectivity index (χ4n) is 1.62. The summed E-state index contributed by atoms with van der Waals surface area (Å²) >= 11 is 0. The molecule has 1 heterocycles. The van der Waals surface area contributed by atoms with Crippen LogP contribution in [0, 0.1) is 6.92 Å². The molecule has 1 aromatic carbocycles. The number of carboxylic acid groups (broad SMARTS) is 1. The van der Waals surface area contributed by atoms with Crippen LogP contribution >= 0.6 is 0 Å². The molecule has 0 spiro atoms. The average molecular weight is 233 g/mol. The van der Waals surface area contributed by atoms with Crippen molar-refractivity contribution < 1.29 is 19.2 Å². The highest BCUT2D eigenvalue weighted by atomic mass is 16.5. The number of aryl methyl sites for hydroxylation is 1. The van der Waals surface area contributed by atoms with Gasteiger partial charge < -0.3 is 14.4 Å². The topological polar surface area (TPSA) is 72.6 Å². The smallest absolute Gasteiger partial charge is 0.358 e. The molecule has 0 aliphatic carbocycles. The predicted molar refractivity (Wildman–Crippen MR) is 60.2 cm³/mol. The van der Waals surface area contributed by atoms with Crippen molar-refractivity contribution in [1.29, 1.82) is 0 Å². The maximum atomic E-state index is 10.7. The fourth-order valence-corrected chi connectivity index (χ4v) is 1.62. The Kier molecular flexibility index (Phi) is 2.82. The Hall–Kier alpha value is -2.30. The first-order chi connectivity index (χ1) is 8.13. The molecule has 17 heavy (non-hydrogen) atoms. The molecule has 0 amide bonds. The second kappa shape index (κ2) is 4.29. The summed E-state index contributed by atoms with van der Waals surface area (Å²) in [4.78, 5) is 10.7. The summed E-state index contributed by atoms with van der Waals surface area (Å²) in [7, 11) is 1.56. The van der Waals surface area contributed by atoms with Gasteiger partial charge in [0.2, 0.25) is 0 Å². The van der Waals surface area contributed by atoms with Gasteiger partial charge in [0, 0.05) is 6.07 Å². The molecule has 0 saturated carbocycles. The molecule has 0 saturated heterocycles. The first-order valence-electron chi connectivity index (χ1n) is 4.97. The molecule has 0 atom stereocenters. The Labute approximate surface area is 97.6 Å². The number of methoxy groups -OCH3 is 1. The van der Waals surface area contributed by atoms with E-state index in [2.05, 4.69) is 5.16 Å². The van der Waals surface area contributed by atoms with Crippen LogP contribution in [0.5, 0.6) is 5.75 Å². The minimum Gasteiger partial charge on any atom is -0.496 e. The van der Waals surface area contributed by atoms with Crippen molar-refractivity contribution in [2.45, 2.75) is 6.92 Å². The zero-order chi connectivity index (χ0) is 12.4. The van der Waals surface area contributed by atoms with Crippen LogP contribution in [-0.2, 0) is 0 Å². The monoisotopic (exact) mass is 233 g/mol. The lowest BCUT2D eigenvalue weighted by molar-refractivity contribution is 0.0686. The van der Waals surface area contributed by atoms with E-state index in [0.717, 1.165) is 5.56 Å². The van der Waals surface area contributed by atoms with Gasteiger partial charge >= 0.3 is 5.97 Å². The van der Waals surface area contributed by atoms with Gasteiger partial charge in [-0.25, -0.2) is 4.79 Å². The predicted octanol–water partition coefficient (Wildman–Crippen LogP) is 2.36. The first-order valence-corrected chi connectivity index (χ1v) is 4.97. The third-order valence-corrected chi connectivity index (χ3v) is 2.41. The van der Waals surface area contributed by atoms with E-state index in [-0.39, 0.29) is 5.69 Å². The molecular weight excluding hydrogens is 222 g/mol. The molecule has 1 N–H and O–H groups in total. The number of carboxylic acids is 1. The number of ether oxygens (including phenoxy) is 1. The van der Waals surface area contributed by atoms with Crippen molar-refractivity contribution in [3.8, 4) is 17.1 Å². The Balaban J connectivity index is 2.52. The number of hydrogen-bond acceptors (Lipinski definition) is 4. The van der Waals surface area contributed by atoms with Gasteiger partial charge in [-0.15, -0.1) is 0 Å². The standard InChI is InChI=1S/C12H11NO4/c1-7-4-3-5-8(11(7)16-2)10-6-9(12(14)15)13-17-10/h3-6H,1-2H3,(H,14,15). The Morgan fingerprint density at radius 3 is 2.82 bits per heavy atom. The van der Waals surface area contributed by atoms with Crippen LogP contribution < -0.4 is 4.74 Å². The van der Waals surface area contributed by atoms with E-state index in [4.69, 9.17) is 14.4 Å². The van der Waals surface area contributed by atoms with Crippen molar-refractivity contribution >= 4 is 5.97 Å². The number of carbonyl (C=O) groups is 1. The van der Waals surface area contributed by atoms with Gasteiger partial charge in [-0.3, -0.25) is 0 Å². The van der Waals surface area contributed by atoms with Crippen molar-refractivity contribution in [2.75, 3.05) is 7.11 Å². The third-order valence-electron chi connectivity index (χ3n) is 2.41. The van der Waals surface area contributed by atoms with Gasteiger partial charge in [0.05, 0.1) is 12.7 Å². The fraction of sp³-hybridized carbons (Fsp3) is 0.167. The molecule has 88 valence electrons. The second-order valence-electron chi connectivity index (χ2n) is 3.54. The summed E-state index contributed by atoms with van der Waals surface area (Å²) in [5, 5.41) is 12.2. The van der Waals surface area contributed by atoms with E-state index in [1.807, 2.05) is 19.1 Å². The molecular formula is C12H11NO4. The molecule has 0 radical (unpaired) electrons. The molecule has 0 aliphatic rings. The van der Waals surface area contributed by atoms with E-state index in [1.165, 1.54) is 6.07 Å². The molecule has 1 aromatic heterocycles. The Morgan fingerprint density at radius 2 is 2.24 bits per heavy atom. The van der Waals surface area contributed by atoms with Crippen molar-refractivity contribution in [2.24, 2.45) is 0 Å². The van der Waals surface area contributed by atoms with E-state index in [1.54, 1.807) is 13.2 Å². The minimum absolute atomic E-state index is 0.122. The lowest BCUT2D eigenvalue weighted by Crippen LogP contribution is -1.94. The molecule has 0 bridgehead atoms. The van der Waals surface area contributed by atoms with Crippen molar-refractivity contribution in [3.05, 3.63) is 35.5 Å².